The highest BCUT2D eigenvalue weighted by molar-refractivity contribution is 5.93. The van der Waals surface area contributed by atoms with E-state index >= 15 is 0 Å². The summed E-state index contributed by atoms with van der Waals surface area (Å²) in [6.45, 7) is 4.34. The smallest absolute Gasteiger partial charge is 0.287 e. The molecule has 2 heterocycles. The van der Waals surface area contributed by atoms with Gasteiger partial charge in [-0.2, -0.15) is 0 Å². The van der Waals surface area contributed by atoms with Gasteiger partial charge in [0.1, 0.15) is 5.69 Å². The number of hydrogen-bond donors (Lipinski definition) is 1. The predicted molar refractivity (Wildman–Crippen MR) is 79.3 cm³/mol. The van der Waals surface area contributed by atoms with Gasteiger partial charge in [-0.25, -0.2) is 0 Å². The van der Waals surface area contributed by atoms with E-state index in [1.165, 1.54) is 16.8 Å². The molecular formula is C14H22N4O3. The molecule has 1 aliphatic heterocycles. The van der Waals surface area contributed by atoms with Crippen molar-refractivity contribution in [2.24, 2.45) is 7.05 Å². The van der Waals surface area contributed by atoms with Gasteiger partial charge in [-0.3, -0.25) is 14.9 Å². The summed E-state index contributed by atoms with van der Waals surface area (Å²) >= 11 is 0. The second-order valence-electron chi connectivity index (χ2n) is 5.50. The molecule has 0 saturated carbocycles. The van der Waals surface area contributed by atoms with Crippen LogP contribution in [0.3, 0.4) is 0 Å². The van der Waals surface area contributed by atoms with Crippen molar-refractivity contribution in [2.45, 2.75) is 32.2 Å². The van der Waals surface area contributed by atoms with E-state index in [0.717, 1.165) is 25.8 Å². The molecule has 0 spiro atoms. The maximum atomic E-state index is 12.6. The van der Waals surface area contributed by atoms with E-state index in [4.69, 9.17) is 0 Å². The Morgan fingerprint density at radius 3 is 2.90 bits per heavy atom. The van der Waals surface area contributed by atoms with Gasteiger partial charge in [-0.15, -0.1) is 0 Å². The van der Waals surface area contributed by atoms with Crippen molar-refractivity contribution in [3.63, 3.8) is 0 Å². The topological polar surface area (TPSA) is 80.4 Å². The van der Waals surface area contributed by atoms with Crippen LogP contribution in [0.1, 0.15) is 36.7 Å². The zero-order valence-corrected chi connectivity index (χ0v) is 12.5. The van der Waals surface area contributed by atoms with Crippen LogP contribution in [0.5, 0.6) is 0 Å². The van der Waals surface area contributed by atoms with Gasteiger partial charge in [0, 0.05) is 32.2 Å². The molecule has 1 fully saturated rings. The van der Waals surface area contributed by atoms with Crippen molar-refractivity contribution < 1.29 is 9.72 Å². The predicted octanol–water partition coefficient (Wildman–Crippen LogP) is 1.54. The fourth-order valence-electron chi connectivity index (χ4n) is 2.75. The summed E-state index contributed by atoms with van der Waals surface area (Å²) in [6.07, 6.45) is 4.45. The number of amides is 1. The maximum absolute atomic E-state index is 12.6. The van der Waals surface area contributed by atoms with Crippen molar-refractivity contribution in [2.75, 3.05) is 19.6 Å². The molecule has 21 heavy (non-hydrogen) atoms. The third-order valence-corrected chi connectivity index (χ3v) is 3.80. The molecule has 0 radical (unpaired) electrons. The Morgan fingerprint density at radius 1 is 1.62 bits per heavy atom. The third kappa shape index (κ3) is 3.60. The Labute approximate surface area is 124 Å². The van der Waals surface area contributed by atoms with Crippen LogP contribution in [0, 0.1) is 10.1 Å². The van der Waals surface area contributed by atoms with Gasteiger partial charge in [0.15, 0.2) is 0 Å². The lowest BCUT2D eigenvalue weighted by Gasteiger charge is -2.25. The van der Waals surface area contributed by atoms with Gasteiger partial charge in [0.25, 0.3) is 11.6 Å². The number of aromatic nitrogens is 1. The fourth-order valence-corrected chi connectivity index (χ4v) is 2.75. The average Bonchev–Trinajstić information content (AvgIpc) is 3.07. The van der Waals surface area contributed by atoms with E-state index in [2.05, 4.69) is 5.32 Å². The second kappa shape index (κ2) is 6.71. The van der Waals surface area contributed by atoms with Crippen LogP contribution in [0.15, 0.2) is 12.3 Å². The zero-order valence-electron chi connectivity index (χ0n) is 12.5. The lowest BCUT2D eigenvalue weighted by molar-refractivity contribution is -0.384. The van der Waals surface area contributed by atoms with Gasteiger partial charge in [-0.1, -0.05) is 6.92 Å². The molecule has 1 amide bonds. The first kappa shape index (κ1) is 15.5. The largest absolute Gasteiger partial charge is 0.340 e. The molecule has 7 nitrogen and oxygen atoms in total. The molecule has 1 aliphatic rings. The van der Waals surface area contributed by atoms with Gasteiger partial charge in [0.05, 0.1) is 11.1 Å². The van der Waals surface area contributed by atoms with Crippen LogP contribution in [0.2, 0.25) is 0 Å². The van der Waals surface area contributed by atoms with Crippen molar-refractivity contribution in [1.82, 2.24) is 14.8 Å². The average molecular weight is 294 g/mol. The number of nitrogens with one attached hydrogen (secondary N) is 1. The highest BCUT2D eigenvalue weighted by Gasteiger charge is 2.25. The molecule has 1 N–H and O–H groups in total. The highest BCUT2D eigenvalue weighted by Crippen LogP contribution is 2.18. The Morgan fingerprint density at radius 2 is 2.38 bits per heavy atom. The van der Waals surface area contributed by atoms with Crippen molar-refractivity contribution in [1.29, 1.82) is 0 Å². The first-order chi connectivity index (χ1) is 10.0. The van der Waals surface area contributed by atoms with Crippen molar-refractivity contribution >= 4 is 11.6 Å². The minimum Gasteiger partial charge on any atom is -0.340 e. The van der Waals surface area contributed by atoms with Crippen LogP contribution < -0.4 is 5.32 Å². The fraction of sp³-hybridized carbons (Fsp3) is 0.643. The molecule has 1 aromatic heterocycles. The van der Waals surface area contributed by atoms with Crippen LogP contribution in [0.4, 0.5) is 5.69 Å². The monoisotopic (exact) mass is 294 g/mol. The molecule has 0 bridgehead atoms. The summed E-state index contributed by atoms with van der Waals surface area (Å²) < 4.78 is 1.53. The lowest BCUT2D eigenvalue weighted by atomic mass is 10.2. The number of aryl methyl sites for hydroxylation is 1. The quantitative estimate of drug-likeness (QED) is 0.637. The van der Waals surface area contributed by atoms with Crippen LogP contribution >= 0.6 is 0 Å². The number of carbonyl (C=O) groups is 1. The minimum atomic E-state index is -0.473. The first-order valence-electron chi connectivity index (χ1n) is 7.36. The van der Waals surface area contributed by atoms with E-state index < -0.39 is 4.92 Å². The van der Waals surface area contributed by atoms with Crippen LogP contribution in [0.25, 0.3) is 0 Å². The first-order valence-corrected chi connectivity index (χ1v) is 7.36. The van der Waals surface area contributed by atoms with Gasteiger partial charge in [-0.05, 0) is 25.8 Å². The summed E-state index contributed by atoms with van der Waals surface area (Å²) in [5.74, 6) is -0.138. The van der Waals surface area contributed by atoms with E-state index in [9.17, 15) is 14.9 Å². The molecule has 1 unspecified atom stereocenters. The summed E-state index contributed by atoms with van der Waals surface area (Å²) in [5.41, 5.74) is 0.324. The summed E-state index contributed by atoms with van der Waals surface area (Å²) in [5, 5.41) is 14.2. The lowest BCUT2D eigenvalue weighted by Crippen LogP contribution is -2.42. The summed E-state index contributed by atoms with van der Waals surface area (Å²) in [6, 6.07) is 1.68. The molecule has 0 aromatic carbocycles. The third-order valence-electron chi connectivity index (χ3n) is 3.80. The molecule has 2 rings (SSSR count). The summed E-state index contributed by atoms with van der Waals surface area (Å²) in [7, 11) is 1.66. The number of hydrogen-bond acceptors (Lipinski definition) is 4. The molecule has 1 saturated heterocycles. The Hall–Kier alpha value is -1.89. The zero-order chi connectivity index (χ0) is 15.4. The number of nitro groups is 1. The highest BCUT2D eigenvalue weighted by atomic mass is 16.6. The number of nitrogens with zero attached hydrogens (tertiary/aromatic N) is 3. The molecular weight excluding hydrogens is 272 g/mol. The Balaban J connectivity index is 2.14. The van der Waals surface area contributed by atoms with Crippen molar-refractivity contribution in [3.05, 3.63) is 28.1 Å². The van der Waals surface area contributed by atoms with Crippen molar-refractivity contribution in [3.8, 4) is 0 Å². The SMILES string of the molecule is CCCN(CC1CCCN1)C(=O)c1cc([N+](=O)[O-])cn1C. The van der Waals surface area contributed by atoms with Crippen LogP contribution in [-0.2, 0) is 7.05 Å². The number of rotatable bonds is 6. The van der Waals surface area contributed by atoms with Crippen LogP contribution in [-0.4, -0.2) is 46.0 Å². The normalized spacial score (nSPS) is 17.9. The molecule has 1 atom stereocenters. The van der Waals surface area contributed by atoms with Gasteiger partial charge >= 0.3 is 0 Å². The van der Waals surface area contributed by atoms with Gasteiger partial charge < -0.3 is 14.8 Å². The Kier molecular flexibility index (Phi) is 4.95. The molecule has 0 aliphatic carbocycles. The van der Waals surface area contributed by atoms with E-state index in [0.29, 0.717) is 24.8 Å². The minimum absolute atomic E-state index is 0.0451. The van der Waals surface area contributed by atoms with E-state index in [-0.39, 0.29) is 11.6 Å². The summed E-state index contributed by atoms with van der Waals surface area (Å²) in [4.78, 5) is 24.8. The molecule has 116 valence electrons. The van der Waals surface area contributed by atoms with E-state index in [1.54, 1.807) is 11.9 Å². The standard InChI is InChI=1S/C14H22N4O3/c1-3-7-17(9-11-5-4-6-15-11)14(19)13-8-12(18(20)21)10-16(13)2/h8,10-11,15H,3-7,9H2,1-2H3. The molecule has 7 heteroatoms. The van der Waals surface area contributed by atoms with E-state index in [1.807, 2.05) is 6.92 Å². The second-order valence-corrected chi connectivity index (χ2v) is 5.50. The maximum Gasteiger partial charge on any atom is 0.287 e. The number of carbonyl (C=O) groups excluding carboxylic acids is 1. The molecule has 1 aromatic rings. The Bertz CT molecular complexity index is 520. The van der Waals surface area contributed by atoms with Gasteiger partial charge in [0.2, 0.25) is 0 Å².